The molecule has 0 saturated heterocycles. The molecule has 0 radical (unpaired) electrons. The summed E-state index contributed by atoms with van der Waals surface area (Å²) in [4.78, 5) is 12.1. The van der Waals surface area contributed by atoms with E-state index in [0.29, 0.717) is 10.7 Å². The van der Waals surface area contributed by atoms with Crippen molar-refractivity contribution in [2.75, 3.05) is 12.4 Å². The van der Waals surface area contributed by atoms with E-state index in [9.17, 15) is 4.79 Å². The average molecular weight is 292 g/mol. The lowest BCUT2D eigenvalue weighted by molar-refractivity contribution is -0.116. The summed E-state index contributed by atoms with van der Waals surface area (Å²) in [5, 5.41) is 6.61. The van der Waals surface area contributed by atoms with Crippen LogP contribution in [-0.4, -0.2) is 17.5 Å². The normalized spacial score (nSPS) is 12.2. The Balaban J connectivity index is 2.03. The number of anilines is 1. The van der Waals surface area contributed by atoms with E-state index in [-0.39, 0.29) is 18.5 Å². The van der Waals surface area contributed by atoms with E-state index in [0.717, 1.165) is 5.69 Å². The van der Waals surface area contributed by atoms with Gasteiger partial charge in [0, 0.05) is 28.6 Å². The molecule has 0 spiro atoms. The minimum absolute atomic E-state index is 0.0759. The molecule has 20 heavy (non-hydrogen) atoms. The van der Waals surface area contributed by atoms with Crippen LogP contribution in [0.5, 0.6) is 0 Å². The minimum atomic E-state index is -0.0759. The second-order valence-corrected chi connectivity index (χ2v) is 5.07. The van der Waals surface area contributed by atoms with Crippen LogP contribution in [0.15, 0.2) is 42.6 Å². The van der Waals surface area contributed by atoms with Gasteiger partial charge in [-0.05, 0) is 44.3 Å². The highest BCUT2D eigenvalue weighted by Crippen LogP contribution is 2.16. The summed E-state index contributed by atoms with van der Waals surface area (Å²) < 4.78 is 1.93. The molecule has 1 aromatic heterocycles. The minimum Gasteiger partial charge on any atom is -0.341 e. The van der Waals surface area contributed by atoms with Gasteiger partial charge in [-0.3, -0.25) is 4.79 Å². The van der Waals surface area contributed by atoms with Crippen molar-refractivity contribution in [3.63, 3.8) is 0 Å². The summed E-state index contributed by atoms with van der Waals surface area (Å²) in [6, 6.07) is 11.3. The Kier molecular flexibility index (Phi) is 4.82. The number of hydrogen-bond donors (Lipinski definition) is 2. The predicted octanol–water partition coefficient (Wildman–Crippen LogP) is 3.06. The van der Waals surface area contributed by atoms with Gasteiger partial charge in [0.25, 0.3) is 0 Å². The van der Waals surface area contributed by atoms with Crippen molar-refractivity contribution in [3.05, 3.63) is 53.3 Å². The van der Waals surface area contributed by atoms with Crippen LogP contribution in [0.3, 0.4) is 0 Å². The molecule has 0 aliphatic heterocycles. The van der Waals surface area contributed by atoms with Crippen molar-refractivity contribution in [2.45, 2.75) is 19.5 Å². The molecule has 5 heteroatoms. The van der Waals surface area contributed by atoms with Gasteiger partial charge in [-0.1, -0.05) is 17.7 Å². The molecule has 1 aromatic carbocycles. The number of hydrogen-bond acceptors (Lipinski definition) is 2. The zero-order valence-corrected chi connectivity index (χ0v) is 12.3. The number of carbonyl (C=O) groups is 1. The van der Waals surface area contributed by atoms with E-state index < -0.39 is 0 Å². The monoisotopic (exact) mass is 291 g/mol. The highest BCUT2D eigenvalue weighted by atomic mass is 35.5. The first-order valence-corrected chi connectivity index (χ1v) is 6.85. The standard InChI is InChI=1S/C15H18ClN3O/c1-11(17-2)14-7-4-8-19(14)10-15(20)18-13-6-3-5-12(16)9-13/h3-9,11,17H,10H2,1-2H3,(H,18,20). The highest BCUT2D eigenvalue weighted by molar-refractivity contribution is 6.30. The molecule has 0 aliphatic carbocycles. The number of nitrogens with zero attached hydrogens (tertiary/aromatic N) is 1. The summed E-state index contributed by atoms with van der Waals surface area (Å²) in [7, 11) is 1.90. The van der Waals surface area contributed by atoms with Gasteiger partial charge >= 0.3 is 0 Å². The molecule has 2 aromatic rings. The third-order valence-electron chi connectivity index (χ3n) is 3.16. The van der Waals surface area contributed by atoms with Crippen molar-refractivity contribution in [2.24, 2.45) is 0 Å². The van der Waals surface area contributed by atoms with Crippen LogP contribution in [0.25, 0.3) is 0 Å². The summed E-state index contributed by atoms with van der Waals surface area (Å²) >= 11 is 5.89. The zero-order chi connectivity index (χ0) is 14.5. The van der Waals surface area contributed by atoms with Crippen LogP contribution < -0.4 is 10.6 Å². The predicted molar refractivity (Wildman–Crippen MR) is 82.0 cm³/mol. The molecule has 2 rings (SSSR count). The molecule has 1 atom stereocenters. The quantitative estimate of drug-likeness (QED) is 0.889. The van der Waals surface area contributed by atoms with E-state index in [4.69, 9.17) is 11.6 Å². The molecular formula is C15H18ClN3O. The number of rotatable bonds is 5. The van der Waals surface area contributed by atoms with E-state index in [2.05, 4.69) is 17.6 Å². The summed E-state index contributed by atoms with van der Waals surface area (Å²) in [5.41, 5.74) is 1.78. The van der Waals surface area contributed by atoms with Gasteiger partial charge in [-0.25, -0.2) is 0 Å². The molecule has 0 fully saturated rings. The first-order chi connectivity index (χ1) is 9.60. The number of benzene rings is 1. The first kappa shape index (κ1) is 14.6. The van der Waals surface area contributed by atoms with Gasteiger partial charge in [0.2, 0.25) is 5.91 Å². The van der Waals surface area contributed by atoms with Crippen LogP contribution in [0.2, 0.25) is 5.02 Å². The number of amides is 1. The Morgan fingerprint density at radius 1 is 1.35 bits per heavy atom. The number of nitrogens with one attached hydrogen (secondary N) is 2. The van der Waals surface area contributed by atoms with E-state index in [1.165, 1.54) is 0 Å². The van der Waals surface area contributed by atoms with Gasteiger partial charge in [0.05, 0.1) is 0 Å². The third-order valence-corrected chi connectivity index (χ3v) is 3.40. The van der Waals surface area contributed by atoms with Crippen LogP contribution in [0.1, 0.15) is 18.7 Å². The largest absolute Gasteiger partial charge is 0.341 e. The van der Waals surface area contributed by atoms with Crippen LogP contribution in [0.4, 0.5) is 5.69 Å². The Labute approximate surface area is 123 Å². The fraction of sp³-hybridized carbons (Fsp3) is 0.267. The molecule has 0 aliphatic rings. The van der Waals surface area contributed by atoms with E-state index in [1.807, 2.05) is 42.1 Å². The van der Waals surface area contributed by atoms with E-state index in [1.54, 1.807) is 12.1 Å². The number of aromatic nitrogens is 1. The lowest BCUT2D eigenvalue weighted by Gasteiger charge is -2.15. The highest BCUT2D eigenvalue weighted by Gasteiger charge is 2.11. The second kappa shape index (κ2) is 6.59. The van der Waals surface area contributed by atoms with Crippen molar-refractivity contribution in [1.82, 2.24) is 9.88 Å². The fourth-order valence-electron chi connectivity index (χ4n) is 2.03. The second-order valence-electron chi connectivity index (χ2n) is 4.63. The van der Waals surface area contributed by atoms with Crippen LogP contribution in [-0.2, 0) is 11.3 Å². The molecule has 106 valence electrons. The van der Waals surface area contributed by atoms with Gasteiger partial charge < -0.3 is 15.2 Å². The zero-order valence-electron chi connectivity index (χ0n) is 11.6. The summed E-state index contributed by atoms with van der Waals surface area (Å²) in [6.45, 7) is 2.33. The van der Waals surface area contributed by atoms with E-state index >= 15 is 0 Å². The molecule has 0 bridgehead atoms. The maximum Gasteiger partial charge on any atom is 0.244 e. The van der Waals surface area contributed by atoms with Gasteiger partial charge in [0.1, 0.15) is 6.54 Å². The SMILES string of the molecule is CNC(C)c1cccn1CC(=O)Nc1cccc(Cl)c1. The Bertz CT molecular complexity index is 594. The van der Waals surface area contributed by atoms with Crippen molar-refractivity contribution in [3.8, 4) is 0 Å². The average Bonchev–Trinajstić information content (AvgIpc) is 2.85. The maximum absolute atomic E-state index is 12.1. The molecule has 0 saturated carbocycles. The maximum atomic E-state index is 12.1. The topological polar surface area (TPSA) is 46.1 Å². The van der Waals surface area contributed by atoms with Crippen LogP contribution >= 0.6 is 11.6 Å². The van der Waals surface area contributed by atoms with Crippen molar-refractivity contribution in [1.29, 1.82) is 0 Å². The lowest BCUT2D eigenvalue weighted by atomic mass is 10.2. The Morgan fingerprint density at radius 2 is 2.15 bits per heavy atom. The number of carbonyl (C=O) groups excluding carboxylic acids is 1. The smallest absolute Gasteiger partial charge is 0.244 e. The van der Waals surface area contributed by atoms with Gasteiger partial charge in [0.15, 0.2) is 0 Å². The molecule has 1 amide bonds. The molecular weight excluding hydrogens is 274 g/mol. The third kappa shape index (κ3) is 3.62. The molecule has 4 nitrogen and oxygen atoms in total. The van der Waals surface area contributed by atoms with Crippen molar-refractivity contribution < 1.29 is 4.79 Å². The first-order valence-electron chi connectivity index (χ1n) is 6.48. The van der Waals surface area contributed by atoms with Gasteiger partial charge in [-0.15, -0.1) is 0 Å². The molecule has 1 unspecified atom stereocenters. The van der Waals surface area contributed by atoms with Crippen molar-refractivity contribution >= 4 is 23.2 Å². The number of halogens is 1. The Hall–Kier alpha value is -1.78. The fourth-order valence-corrected chi connectivity index (χ4v) is 2.22. The lowest BCUT2D eigenvalue weighted by Crippen LogP contribution is -2.22. The molecule has 2 N–H and O–H groups in total. The van der Waals surface area contributed by atoms with Crippen LogP contribution in [0, 0.1) is 0 Å². The Morgan fingerprint density at radius 3 is 2.85 bits per heavy atom. The van der Waals surface area contributed by atoms with Gasteiger partial charge in [-0.2, -0.15) is 0 Å². The molecule has 1 heterocycles. The summed E-state index contributed by atoms with van der Waals surface area (Å²) in [5.74, 6) is -0.0759. The summed E-state index contributed by atoms with van der Waals surface area (Å²) in [6.07, 6.45) is 1.90.